The molecule has 176 valence electrons. The summed E-state index contributed by atoms with van der Waals surface area (Å²) in [6, 6.07) is 0. The van der Waals surface area contributed by atoms with Crippen molar-refractivity contribution in [1.29, 1.82) is 0 Å². The van der Waals surface area contributed by atoms with Gasteiger partial charge in [-0.15, -0.1) is 11.3 Å². The maximum Gasteiger partial charge on any atom is 0.325 e. The fraction of sp³-hybridized carbons (Fsp3) is 0.680. The lowest BCUT2D eigenvalue weighted by atomic mass is 9.49. The van der Waals surface area contributed by atoms with Crippen LogP contribution in [0.5, 0.6) is 0 Å². The van der Waals surface area contributed by atoms with E-state index in [1.165, 1.54) is 49.0 Å². The van der Waals surface area contributed by atoms with Crippen LogP contribution in [0.15, 0.2) is 0 Å². The number of thiophene rings is 1. The highest BCUT2D eigenvalue weighted by Crippen LogP contribution is 2.60. The van der Waals surface area contributed by atoms with Crippen molar-refractivity contribution >= 4 is 39.2 Å². The molecular formula is C25H32N4O3S. The maximum absolute atomic E-state index is 13.0. The fourth-order valence-electron chi connectivity index (χ4n) is 7.40. The van der Waals surface area contributed by atoms with Crippen LogP contribution in [0.4, 0.5) is 5.82 Å². The molecular weight excluding hydrogens is 436 g/mol. The number of nitrogen functional groups attached to an aromatic ring is 1. The third kappa shape index (κ3) is 3.90. The minimum absolute atomic E-state index is 0.0330. The number of amides is 1. The second-order valence-electron chi connectivity index (χ2n) is 10.8. The average molecular weight is 469 g/mol. The lowest BCUT2D eigenvalue weighted by Gasteiger charge is -2.55. The quantitative estimate of drug-likeness (QED) is 0.509. The van der Waals surface area contributed by atoms with Gasteiger partial charge in [-0.05, 0) is 87.5 Å². The van der Waals surface area contributed by atoms with Crippen molar-refractivity contribution < 1.29 is 14.3 Å². The Morgan fingerprint density at radius 2 is 1.73 bits per heavy atom. The van der Waals surface area contributed by atoms with Crippen LogP contribution in [0.25, 0.3) is 10.2 Å². The fourth-order valence-corrected chi connectivity index (χ4v) is 8.69. The van der Waals surface area contributed by atoms with Crippen LogP contribution in [0.3, 0.4) is 0 Å². The van der Waals surface area contributed by atoms with E-state index in [4.69, 9.17) is 10.5 Å². The lowest BCUT2D eigenvalue weighted by molar-refractivity contribution is -0.151. The molecule has 0 saturated heterocycles. The van der Waals surface area contributed by atoms with Gasteiger partial charge in [-0.3, -0.25) is 9.59 Å². The first-order valence-corrected chi connectivity index (χ1v) is 13.3. The molecule has 4 fully saturated rings. The Bertz CT molecular complexity index is 1080. The lowest BCUT2D eigenvalue weighted by Crippen LogP contribution is -2.54. The van der Waals surface area contributed by atoms with Crippen LogP contribution in [0.2, 0.25) is 0 Å². The zero-order valence-corrected chi connectivity index (χ0v) is 19.8. The van der Waals surface area contributed by atoms with Crippen molar-refractivity contribution in [3.05, 3.63) is 16.3 Å². The smallest absolute Gasteiger partial charge is 0.325 e. The van der Waals surface area contributed by atoms with Crippen LogP contribution in [-0.2, 0) is 33.8 Å². The number of rotatable bonds is 5. The molecule has 0 aliphatic heterocycles. The molecule has 8 heteroatoms. The van der Waals surface area contributed by atoms with Gasteiger partial charge in [-0.2, -0.15) is 0 Å². The molecule has 1 amide bonds. The number of carbonyl (C=O) groups excluding carboxylic acids is 2. The number of hydrogen-bond donors (Lipinski definition) is 2. The molecule has 2 aromatic heterocycles. The highest BCUT2D eigenvalue weighted by molar-refractivity contribution is 7.19. The minimum Gasteiger partial charge on any atom is -0.456 e. The molecule has 4 bridgehead atoms. The summed E-state index contributed by atoms with van der Waals surface area (Å²) in [5, 5.41) is 3.86. The highest BCUT2D eigenvalue weighted by Gasteiger charge is 2.54. The van der Waals surface area contributed by atoms with Crippen LogP contribution < -0.4 is 11.1 Å². The number of esters is 1. The average Bonchev–Trinajstić information content (AvgIpc) is 2.97. The van der Waals surface area contributed by atoms with E-state index in [-0.39, 0.29) is 24.5 Å². The van der Waals surface area contributed by atoms with Gasteiger partial charge in [0.1, 0.15) is 17.2 Å². The maximum atomic E-state index is 13.0. The summed E-state index contributed by atoms with van der Waals surface area (Å²) in [6.45, 7) is -0.139. The number of nitrogens with one attached hydrogen (secondary N) is 1. The summed E-state index contributed by atoms with van der Waals surface area (Å²) in [5.74, 6) is 2.55. The first-order chi connectivity index (χ1) is 16.0. The molecule has 0 unspecified atom stereocenters. The van der Waals surface area contributed by atoms with E-state index in [2.05, 4.69) is 15.3 Å². The Kier molecular flexibility index (Phi) is 5.31. The molecule has 2 aromatic rings. The molecule has 7 nitrogen and oxygen atoms in total. The summed E-state index contributed by atoms with van der Waals surface area (Å²) in [5.41, 5.74) is 7.33. The minimum atomic E-state index is -0.461. The predicted molar refractivity (Wildman–Crippen MR) is 126 cm³/mol. The van der Waals surface area contributed by atoms with Crippen molar-refractivity contribution in [1.82, 2.24) is 15.3 Å². The first-order valence-electron chi connectivity index (χ1n) is 12.5. The number of ether oxygens (including phenoxy) is 1. The van der Waals surface area contributed by atoms with Gasteiger partial charge in [-0.1, -0.05) is 6.42 Å². The standard InChI is InChI=1S/C25H32N4O3S/c26-22-21-17-4-2-1-3-5-18(17)33-23(21)29-19(28-22)13-32-20(30)12-27-24(31)25-9-14-6-15(10-25)8-16(7-14)11-25/h14-16H,1-13H2,(H,27,31)(H2,26,28,29). The molecule has 0 aromatic carbocycles. The predicted octanol–water partition coefficient (Wildman–Crippen LogP) is 3.92. The summed E-state index contributed by atoms with van der Waals surface area (Å²) in [4.78, 5) is 36.7. The molecule has 3 N–H and O–H groups in total. The summed E-state index contributed by atoms with van der Waals surface area (Å²) in [7, 11) is 0. The van der Waals surface area contributed by atoms with Crippen LogP contribution in [0, 0.1) is 23.2 Å². The van der Waals surface area contributed by atoms with Gasteiger partial charge in [0.05, 0.1) is 5.39 Å². The Hall–Kier alpha value is -2.22. The molecule has 7 rings (SSSR count). The van der Waals surface area contributed by atoms with Crippen LogP contribution in [0.1, 0.15) is 74.1 Å². The molecule has 0 radical (unpaired) electrons. The van der Waals surface area contributed by atoms with E-state index in [9.17, 15) is 9.59 Å². The second-order valence-corrected chi connectivity index (χ2v) is 11.9. The van der Waals surface area contributed by atoms with E-state index >= 15 is 0 Å². The van der Waals surface area contributed by atoms with Crippen molar-refractivity contribution in [3.63, 3.8) is 0 Å². The van der Waals surface area contributed by atoms with E-state index in [0.29, 0.717) is 29.4 Å². The first kappa shape index (κ1) is 21.3. The second kappa shape index (κ2) is 8.22. The van der Waals surface area contributed by atoms with Gasteiger partial charge in [0.15, 0.2) is 12.4 Å². The number of nitrogens with two attached hydrogens (primary N) is 1. The molecule has 5 aliphatic rings. The van der Waals surface area contributed by atoms with Crippen LogP contribution >= 0.6 is 11.3 Å². The number of aromatic nitrogens is 2. The Labute approximate surface area is 197 Å². The van der Waals surface area contributed by atoms with E-state index < -0.39 is 5.97 Å². The largest absolute Gasteiger partial charge is 0.456 e. The van der Waals surface area contributed by atoms with E-state index in [1.807, 2.05) is 0 Å². The SMILES string of the molecule is Nc1nc(COC(=O)CNC(=O)C23CC4CC(CC(C4)C2)C3)nc2sc3c(c12)CCCCC3. The Morgan fingerprint density at radius 3 is 2.45 bits per heavy atom. The summed E-state index contributed by atoms with van der Waals surface area (Å²) >= 11 is 1.69. The Balaban J connectivity index is 1.07. The number of aryl methyl sites for hydroxylation is 2. The van der Waals surface area contributed by atoms with Crippen molar-refractivity contribution in [2.45, 2.75) is 77.2 Å². The van der Waals surface area contributed by atoms with Gasteiger partial charge in [0.2, 0.25) is 5.91 Å². The number of nitrogens with zero attached hydrogens (tertiary/aromatic N) is 2. The van der Waals surface area contributed by atoms with Crippen LogP contribution in [-0.4, -0.2) is 28.4 Å². The van der Waals surface area contributed by atoms with Gasteiger partial charge in [0.25, 0.3) is 0 Å². The monoisotopic (exact) mass is 468 g/mol. The topological polar surface area (TPSA) is 107 Å². The molecule has 33 heavy (non-hydrogen) atoms. The molecule has 0 atom stereocenters. The number of anilines is 1. The number of hydrogen-bond acceptors (Lipinski definition) is 7. The Morgan fingerprint density at radius 1 is 1.03 bits per heavy atom. The zero-order valence-electron chi connectivity index (χ0n) is 19.0. The van der Waals surface area contributed by atoms with E-state index in [0.717, 1.165) is 42.3 Å². The van der Waals surface area contributed by atoms with Gasteiger partial charge >= 0.3 is 5.97 Å². The zero-order chi connectivity index (χ0) is 22.6. The summed E-state index contributed by atoms with van der Waals surface area (Å²) in [6.07, 6.45) is 12.5. The third-order valence-corrected chi connectivity index (χ3v) is 9.60. The van der Waals surface area contributed by atoms with Crippen molar-refractivity contribution in [2.24, 2.45) is 23.2 Å². The van der Waals surface area contributed by atoms with E-state index in [1.54, 1.807) is 11.3 Å². The van der Waals surface area contributed by atoms with Gasteiger partial charge < -0.3 is 15.8 Å². The summed E-state index contributed by atoms with van der Waals surface area (Å²) < 4.78 is 5.39. The van der Waals surface area contributed by atoms with Crippen molar-refractivity contribution in [2.75, 3.05) is 12.3 Å². The molecule has 0 spiro atoms. The third-order valence-electron chi connectivity index (χ3n) is 8.41. The molecule has 5 aliphatic carbocycles. The van der Waals surface area contributed by atoms with Crippen molar-refractivity contribution in [3.8, 4) is 0 Å². The highest BCUT2D eigenvalue weighted by atomic mass is 32.1. The number of fused-ring (bicyclic) bond motifs is 3. The normalized spacial score (nSPS) is 30.1. The molecule has 4 saturated carbocycles. The molecule has 2 heterocycles. The van der Waals surface area contributed by atoms with Gasteiger partial charge in [-0.25, -0.2) is 9.97 Å². The number of carbonyl (C=O) groups is 2. The van der Waals surface area contributed by atoms with Gasteiger partial charge in [0, 0.05) is 10.3 Å².